The second-order valence-corrected chi connectivity index (χ2v) is 4.42. The zero-order chi connectivity index (χ0) is 13.2. The number of rotatable bonds is 1. The van der Waals surface area contributed by atoms with Crippen LogP contribution in [0.25, 0.3) is 0 Å². The Morgan fingerprint density at radius 1 is 1.21 bits per heavy atom. The van der Waals surface area contributed by atoms with Gasteiger partial charge >= 0.3 is 0 Å². The normalized spacial score (nSPS) is 13.8. The largest absolute Gasteiger partial charge is 0.350 e. The Kier molecular flexibility index (Phi) is 2.84. The van der Waals surface area contributed by atoms with Crippen LogP contribution in [0.4, 0.5) is 10.2 Å². The maximum atomic E-state index is 13.2. The number of benzene rings is 1. The molecule has 0 saturated heterocycles. The SMILES string of the molecule is N#Cc1nccnc1N1CCc2cc(F)ccc2C1. The molecule has 2 heterocycles. The standard InChI is InChI=1S/C14H11FN4/c15-12-2-1-11-9-19(6-3-10(11)7-12)14-13(8-16)17-4-5-18-14/h1-2,4-5,7H,3,6,9H2. The lowest BCUT2D eigenvalue weighted by atomic mass is 9.99. The summed E-state index contributed by atoms with van der Waals surface area (Å²) in [7, 11) is 0. The first-order chi connectivity index (χ1) is 9.28. The molecule has 1 aromatic carbocycles. The fraction of sp³-hybridized carbons (Fsp3) is 0.214. The summed E-state index contributed by atoms with van der Waals surface area (Å²) >= 11 is 0. The fourth-order valence-corrected chi connectivity index (χ4v) is 2.34. The van der Waals surface area contributed by atoms with Crippen molar-refractivity contribution in [2.45, 2.75) is 13.0 Å². The highest BCUT2D eigenvalue weighted by molar-refractivity contribution is 5.51. The number of hydrogen-bond acceptors (Lipinski definition) is 4. The molecule has 94 valence electrons. The summed E-state index contributed by atoms with van der Waals surface area (Å²) in [5.74, 6) is 0.393. The van der Waals surface area contributed by atoms with Crippen molar-refractivity contribution in [2.75, 3.05) is 11.4 Å². The van der Waals surface area contributed by atoms with E-state index in [9.17, 15) is 4.39 Å². The number of halogens is 1. The molecule has 0 fully saturated rings. The molecule has 4 nitrogen and oxygen atoms in total. The smallest absolute Gasteiger partial charge is 0.183 e. The van der Waals surface area contributed by atoms with Crippen molar-refractivity contribution in [3.8, 4) is 6.07 Å². The average molecular weight is 254 g/mol. The molecule has 0 atom stereocenters. The minimum absolute atomic E-state index is 0.204. The van der Waals surface area contributed by atoms with Gasteiger partial charge < -0.3 is 4.90 Å². The van der Waals surface area contributed by atoms with Gasteiger partial charge in [-0.1, -0.05) is 6.07 Å². The minimum atomic E-state index is -0.204. The Labute approximate surface area is 110 Å². The van der Waals surface area contributed by atoms with E-state index in [1.165, 1.54) is 12.3 Å². The van der Waals surface area contributed by atoms with E-state index in [1.54, 1.807) is 18.3 Å². The summed E-state index contributed by atoms with van der Waals surface area (Å²) in [6.07, 6.45) is 3.83. The summed E-state index contributed by atoms with van der Waals surface area (Å²) in [5, 5.41) is 9.05. The molecule has 0 N–H and O–H groups in total. The molecule has 1 aliphatic rings. The van der Waals surface area contributed by atoms with Crippen molar-refractivity contribution in [3.05, 3.63) is 53.2 Å². The second-order valence-electron chi connectivity index (χ2n) is 4.42. The topological polar surface area (TPSA) is 52.8 Å². The molecule has 5 heteroatoms. The van der Waals surface area contributed by atoms with Gasteiger partial charge in [0, 0.05) is 25.5 Å². The highest BCUT2D eigenvalue weighted by Gasteiger charge is 2.20. The van der Waals surface area contributed by atoms with Gasteiger partial charge in [-0.3, -0.25) is 0 Å². The predicted octanol–water partition coefficient (Wildman–Crippen LogP) is 2.05. The van der Waals surface area contributed by atoms with Crippen molar-refractivity contribution < 1.29 is 4.39 Å². The average Bonchev–Trinajstić information content (AvgIpc) is 2.46. The van der Waals surface area contributed by atoms with Crippen molar-refractivity contribution in [1.29, 1.82) is 5.26 Å². The number of fused-ring (bicyclic) bond motifs is 1. The summed E-state index contributed by atoms with van der Waals surface area (Å²) in [6.45, 7) is 1.34. The van der Waals surface area contributed by atoms with E-state index in [2.05, 4.69) is 16.0 Å². The summed E-state index contributed by atoms with van der Waals surface area (Å²) < 4.78 is 13.2. The van der Waals surface area contributed by atoms with Crippen LogP contribution >= 0.6 is 0 Å². The third-order valence-corrected chi connectivity index (χ3v) is 3.26. The Bertz CT molecular complexity index is 663. The quantitative estimate of drug-likeness (QED) is 0.781. The van der Waals surface area contributed by atoms with Crippen LogP contribution in [-0.2, 0) is 13.0 Å². The molecule has 0 saturated carbocycles. The van der Waals surface area contributed by atoms with Crippen molar-refractivity contribution in [1.82, 2.24) is 9.97 Å². The van der Waals surface area contributed by atoms with Gasteiger partial charge in [0.1, 0.15) is 11.9 Å². The van der Waals surface area contributed by atoms with E-state index in [1.807, 2.05) is 4.90 Å². The minimum Gasteiger partial charge on any atom is -0.350 e. The van der Waals surface area contributed by atoms with Gasteiger partial charge in [-0.15, -0.1) is 0 Å². The van der Waals surface area contributed by atoms with Gasteiger partial charge in [-0.25, -0.2) is 14.4 Å². The van der Waals surface area contributed by atoms with E-state index in [0.717, 1.165) is 17.5 Å². The lowest BCUT2D eigenvalue weighted by Gasteiger charge is -2.29. The summed E-state index contributed by atoms with van der Waals surface area (Å²) in [5.41, 5.74) is 2.42. The first-order valence-electron chi connectivity index (χ1n) is 6.01. The van der Waals surface area contributed by atoms with Crippen LogP contribution in [0.15, 0.2) is 30.6 Å². The van der Waals surface area contributed by atoms with Gasteiger partial charge in [0.2, 0.25) is 0 Å². The van der Waals surface area contributed by atoms with Crippen molar-refractivity contribution >= 4 is 5.82 Å². The Hall–Kier alpha value is -2.48. The third-order valence-electron chi connectivity index (χ3n) is 3.26. The van der Waals surface area contributed by atoms with Crippen LogP contribution in [0.1, 0.15) is 16.8 Å². The first-order valence-corrected chi connectivity index (χ1v) is 6.01. The molecule has 0 amide bonds. The molecule has 0 spiro atoms. The van der Waals surface area contributed by atoms with Crippen LogP contribution in [0.3, 0.4) is 0 Å². The molecule has 1 aromatic heterocycles. The molecule has 0 unspecified atom stereocenters. The van der Waals surface area contributed by atoms with Crippen LogP contribution in [0, 0.1) is 17.1 Å². The van der Waals surface area contributed by atoms with Crippen molar-refractivity contribution in [3.63, 3.8) is 0 Å². The zero-order valence-corrected chi connectivity index (χ0v) is 10.2. The third kappa shape index (κ3) is 2.13. The summed E-state index contributed by atoms with van der Waals surface area (Å²) in [4.78, 5) is 10.3. The molecule has 0 aliphatic carbocycles. The molecular weight excluding hydrogens is 243 g/mol. The fourth-order valence-electron chi connectivity index (χ4n) is 2.34. The molecule has 2 aromatic rings. The highest BCUT2D eigenvalue weighted by Crippen LogP contribution is 2.24. The number of anilines is 1. The number of nitrogens with zero attached hydrogens (tertiary/aromatic N) is 4. The number of hydrogen-bond donors (Lipinski definition) is 0. The maximum absolute atomic E-state index is 13.2. The van der Waals surface area contributed by atoms with Crippen LogP contribution in [0.2, 0.25) is 0 Å². The van der Waals surface area contributed by atoms with Crippen LogP contribution < -0.4 is 4.90 Å². The molecule has 1 aliphatic heterocycles. The van der Waals surface area contributed by atoms with Gasteiger partial charge in [0.05, 0.1) is 0 Å². The monoisotopic (exact) mass is 254 g/mol. The summed E-state index contributed by atoms with van der Waals surface area (Å²) in [6, 6.07) is 6.88. The van der Waals surface area contributed by atoms with Gasteiger partial charge in [-0.2, -0.15) is 5.26 Å². The Morgan fingerprint density at radius 3 is 2.89 bits per heavy atom. The molecule has 3 rings (SSSR count). The van der Waals surface area contributed by atoms with E-state index < -0.39 is 0 Å². The highest BCUT2D eigenvalue weighted by atomic mass is 19.1. The predicted molar refractivity (Wildman–Crippen MR) is 67.9 cm³/mol. The van der Waals surface area contributed by atoms with E-state index in [0.29, 0.717) is 24.6 Å². The Morgan fingerprint density at radius 2 is 2.05 bits per heavy atom. The molecule has 0 radical (unpaired) electrons. The van der Waals surface area contributed by atoms with Gasteiger partial charge in [0.15, 0.2) is 11.5 Å². The van der Waals surface area contributed by atoms with E-state index in [4.69, 9.17) is 5.26 Å². The number of nitriles is 1. The Balaban J connectivity index is 1.94. The lowest BCUT2D eigenvalue weighted by Crippen LogP contribution is -2.31. The maximum Gasteiger partial charge on any atom is 0.183 e. The number of aromatic nitrogens is 2. The van der Waals surface area contributed by atoms with Gasteiger partial charge in [0.25, 0.3) is 0 Å². The molecule has 0 bridgehead atoms. The van der Waals surface area contributed by atoms with Crippen LogP contribution in [0.5, 0.6) is 0 Å². The van der Waals surface area contributed by atoms with Gasteiger partial charge in [-0.05, 0) is 29.7 Å². The van der Waals surface area contributed by atoms with Crippen LogP contribution in [-0.4, -0.2) is 16.5 Å². The molecular formula is C14H11FN4. The zero-order valence-electron chi connectivity index (χ0n) is 10.2. The molecule has 19 heavy (non-hydrogen) atoms. The first kappa shape index (κ1) is 11.6. The van der Waals surface area contributed by atoms with E-state index in [-0.39, 0.29) is 5.82 Å². The van der Waals surface area contributed by atoms with E-state index >= 15 is 0 Å². The van der Waals surface area contributed by atoms with Crippen molar-refractivity contribution in [2.24, 2.45) is 0 Å². The second kappa shape index (κ2) is 4.65. The lowest BCUT2D eigenvalue weighted by molar-refractivity contribution is 0.618.